The lowest BCUT2D eigenvalue weighted by molar-refractivity contribution is -0.113. The van der Waals surface area contributed by atoms with Crippen molar-refractivity contribution in [1.29, 1.82) is 0 Å². The highest BCUT2D eigenvalue weighted by molar-refractivity contribution is 7.99. The van der Waals surface area contributed by atoms with E-state index in [4.69, 9.17) is 11.6 Å². The van der Waals surface area contributed by atoms with Crippen molar-refractivity contribution in [2.24, 2.45) is 0 Å². The number of nitrogens with zero attached hydrogens (tertiary/aromatic N) is 2. The van der Waals surface area contributed by atoms with Crippen molar-refractivity contribution < 1.29 is 4.79 Å². The molecule has 144 valence electrons. The van der Waals surface area contributed by atoms with Crippen LogP contribution in [-0.4, -0.2) is 21.2 Å². The second kappa shape index (κ2) is 8.63. The average Bonchev–Trinajstić information content (AvgIpc) is 2.67. The fraction of sp³-hybridized carbons (Fsp3) is 0.190. The zero-order valence-corrected chi connectivity index (χ0v) is 17.2. The molecule has 2 aromatic carbocycles. The summed E-state index contributed by atoms with van der Waals surface area (Å²) in [4.78, 5) is 29.8. The van der Waals surface area contributed by atoms with E-state index in [1.54, 1.807) is 24.3 Å². The van der Waals surface area contributed by atoms with E-state index in [0.717, 1.165) is 16.8 Å². The number of anilines is 1. The quantitative estimate of drug-likeness (QED) is 0.365. The highest BCUT2D eigenvalue weighted by atomic mass is 35.5. The molecule has 0 aliphatic carbocycles. The van der Waals surface area contributed by atoms with Crippen LogP contribution in [0, 0.1) is 13.8 Å². The van der Waals surface area contributed by atoms with Gasteiger partial charge in [-0.3, -0.25) is 14.2 Å². The Balaban J connectivity index is 1.85. The van der Waals surface area contributed by atoms with Crippen molar-refractivity contribution in [3.63, 3.8) is 0 Å². The monoisotopic (exact) mass is 413 g/mol. The van der Waals surface area contributed by atoms with Crippen LogP contribution < -0.4 is 10.9 Å². The molecule has 0 saturated heterocycles. The predicted octanol–water partition coefficient (Wildman–Crippen LogP) is 4.58. The van der Waals surface area contributed by atoms with Gasteiger partial charge in [-0.1, -0.05) is 41.6 Å². The number of hydrogen-bond acceptors (Lipinski definition) is 4. The normalized spacial score (nSPS) is 10.8. The molecule has 0 fully saturated rings. The van der Waals surface area contributed by atoms with E-state index in [2.05, 4.69) is 16.9 Å². The summed E-state index contributed by atoms with van der Waals surface area (Å²) < 4.78 is 1.50. The Morgan fingerprint density at radius 2 is 2.11 bits per heavy atom. The molecule has 1 aromatic heterocycles. The van der Waals surface area contributed by atoms with E-state index in [9.17, 15) is 9.59 Å². The van der Waals surface area contributed by atoms with Crippen LogP contribution in [-0.2, 0) is 11.3 Å². The number of allylic oxidation sites excluding steroid dienone is 1. The predicted molar refractivity (Wildman–Crippen MR) is 116 cm³/mol. The van der Waals surface area contributed by atoms with Gasteiger partial charge in [-0.25, -0.2) is 4.98 Å². The summed E-state index contributed by atoms with van der Waals surface area (Å²) >= 11 is 7.23. The molecule has 5 nitrogen and oxygen atoms in total. The molecule has 28 heavy (non-hydrogen) atoms. The molecule has 7 heteroatoms. The number of aromatic nitrogens is 2. The van der Waals surface area contributed by atoms with Crippen molar-refractivity contribution in [3.05, 3.63) is 75.6 Å². The van der Waals surface area contributed by atoms with Gasteiger partial charge in [0.25, 0.3) is 5.56 Å². The van der Waals surface area contributed by atoms with E-state index in [1.807, 2.05) is 32.0 Å². The number of hydrogen-bond donors (Lipinski definition) is 1. The van der Waals surface area contributed by atoms with Gasteiger partial charge >= 0.3 is 0 Å². The summed E-state index contributed by atoms with van der Waals surface area (Å²) in [6.45, 7) is 7.97. The first kappa shape index (κ1) is 20.2. The summed E-state index contributed by atoms with van der Waals surface area (Å²) in [7, 11) is 0. The molecule has 0 bridgehead atoms. The summed E-state index contributed by atoms with van der Waals surface area (Å²) in [5.41, 5.74) is 3.28. The molecule has 1 heterocycles. The van der Waals surface area contributed by atoms with Crippen LogP contribution >= 0.6 is 23.4 Å². The lowest BCUT2D eigenvalue weighted by Gasteiger charge is -2.13. The fourth-order valence-electron chi connectivity index (χ4n) is 2.78. The van der Waals surface area contributed by atoms with Gasteiger partial charge < -0.3 is 5.32 Å². The van der Waals surface area contributed by atoms with Crippen molar-refractivity contribution in [2.45, 2.75) is 25.5 Å². The van der Waals surface area contributed by atoms with Crippen LogP contribution in [0.3, 0.4) is 0 Å². The molecule has 0 radical (unpaired) electrons. The Morgan fingerprint density at radius 1 is 1.32 bits per heavy atom. The number of rotatable bonds is 6. The third-order valence-electron chi connectivity index (χ3n) is 4.40. The standard InChI is InChI=1S/C21H20ClN3O2S/c1-4-10-25-20(27)16-11-15(22)8-9-18(16)24-21(25)28-12-19(26)23-17-7-5-6-13(2)14(17)3/h4-9,11H,1,10,12H2,2-3H3,(H,23,26). The number of thioether (sulfide) groups is 1. The van der Waals surface area contributed by atoms with Gasteiger partial charge in [0.2, 0.25) is 5.91 Å². The van der Waals surface area contributed by atoms with E-state index in [0.29, 0.717) is 27.6 Å². The maximum atomic E-state index is 12.8. The maximum absolute atomic E-state index is 12.8. The van der Waals surface area contributed by atoms with E-state index >= 15 is 0 Å². The largest absolute Gasteiger partial charge is 0.325 e. The SMILES string of the molecule is C=CCn1c(SCC(=O)Nc2cccc(C)c2C)nc2ccc(Cl)cc2c1=O. The van der Waals surface area contributed by atoms with E-state index < -0.39 is 0 Å². The lowest BCUT2D eigenvalue weighted by Crippen LogP contribution is -2.24. The summed E-state index contributed by atoms with van der Waals surface area (Å²) in [5, 5.41) is 4.31. The summed E-state index contributed by atoms with van der Waals surface area (Å²) in [6.07, 6.45) is 1.62. The van der Waals surface area contributed by atoms with Gasteiger partial charge in [0.15, 0.2) is 5.16 Å². The smallest absolute Gasteiger partial charge is 0.262 e. The zero-order valence-electron chi connectivity index (χ0n) is 15.7. The van der Waals surface area contributed by atoms with Crippen LogP contribution in [0.5, 0.6) is 0 Å². The van der Waals surface area contributed by atoms with Crippen LogP contribution in [0.4, 0.5) is 5.69 Å². The fourth-order valence-corrected chi connectivity index (χ4v) is 3.76. The molecule has 0 atom stereocenters. The van der Waals surface area contributed by atoms with Crippen molar-refractivity contribution in [3.8, 4) is 0 Å². The first-order valence-electron chi connectivity index (χ1n) is 8.70. The number of nitrogens with one attached hydrogen (secondary N) is 1. The Bertz CT molecular complexity index is 1120. The Hall–Kier alpha value is -2.57. The second-order valence-corrected chi connectivity index (χ2v) is 7.72. The minimum Gasteiger partial charge on any atom is -0.325 e. The first-order valence-corrected chi connectivity index (χ1v) is 10.1. The molecule has 3 aromatic rings. The number of fused-ring (bicyclic) bond motifs is 1. The van der Waals surface area contributed by atoms with E-state index in [1.165, 1.54) is 16.3 Å². The number of benzene rings is 2. The van der Waals surface area contributed by atoms with Crippen LogP contribution in [0.2, 0.25) is 5.02 Å². The van der Waals surface area contributed by atoms with E-state index in [-0.39, 0.29) is 17.2 Å². The molecule has 0 saturated carbocycles. The highest BCUT2D eigenvalue weighted by Crippen LogP contribution is 2.22. The molecule has 0 aliphatic heterocycles. The van der Waals surface area contributed by atoms with Gasteiger partial charge in [0, 0.05) is 17.3 Å². The van der Waals surface area contributed by atoms with Gasteiger partial charge in [-0.2, -0.15) is 0 Å². The third kappa shape index (κ3) is 4.29. The molecule has 0 aliphatic rings. The molecular formula is C21H20ClN3O2S. The second-order valence-electron chi connectivity index (χ2n) is 6.34. The molecule has 3 rings (SSSR count). The third-order valence-corrected chi connectivity index (χ3v) is 5.62. The zero-order chi connectivity index (χ0) is 20.3. The van der Waals surface area contributed by atoms with Gasteiger partial charge in [-0.05, 0) is 49.2 Å². The van der Waals surface area contributed by atoms with Crippen molar-refractivity contribution in [2.75, 3.05) is 11.1 Å². The number of carbonyl (C=O) groups is 1. The van der Waals surface area contributed by atoms with Crippen LogP contribution in [0.15, 0.2) is 59.0 Å². The van der Waals surface area contributed by atoms with Gasteiger partial charge in [0.1, 0.15) is 0 Å². The number of halogens is 1. The van der Waals surface area contributed by atoms with Gasteiger partial charge in [0.05, 0.1) is 16.7 Å². The van der Waals surface area contributed by atoms with Gasteiger partial charge in [-0.15, -0.1) is 6.58 Å². The van der Waals surface area contributed by atoms with Crippen molar-refractivity contribution in [1.82, 2.24) is 9.55 Å². The average molecular weight is 414 g/mol. The lowest BCUT2D eigenvalue weighted by atomic mass is 10.1. The number of amides is 1. The Labute approximate surface area is 172 Å². The highest BCUT2D eigenvalue weighted by Gasteiger charge is 2.14. The maximum Gasteiger partial charge on any atom is 0.262 e. The van der Waals surface area contributed by atoms with Crippen LogP contribution in [0.25, 0.3) is 10.9 Å². The number of carbonyl (C=O) groups excluding carboxylic acids is 1. The first-order chi connectivity index (χ1) is 13.4. The minimum absolute atomic E-state index is 0.135. The minimum atomic E-state index is -0.204. The molecule has 0 unspecified atom stereocenters. The molecular weight excluding hydrogens is 394 g/mol. The molecule has 1 N–H and O–H groups in total. The summed E-state index contributed by atoms with van der Waals surface area (Å²) in [6, 6.07) is 10.8. The van der Waals surface area contributed by atoms with Crippen LogP contribution in [0.1, 0.15) is 11.1 Å². The number of aryl methyl sites for hydroxylation is 1. The Kier molecular flexibility index (Phi) is 6.21. The van der Waals surface area contributed by atoms with Crippen molar-refractivity contribution >= 4 is 45.9 Å². The molecule has 0 spiro atoms. The molecule has 1 amide bonds. The Morgan fingerprint density at radius 3 is 2.86 bits per heavy atom. The summed E-state index contributed by atoms with van der Waals surface area (Å²) in [5.74, 6) is -0.0231. The topological polar surface area (TPSA) is 64.0 Å².